The third-order valence-electron chi connectivity index (χ3n) is 4.31. The van der Waals surface area contributed by atoms with Gasteiger partial charge in [0.1, 0.15) is 0 Å². The van der Waals surface area contributed by atoms with E-state index >= 15 is 0 Å². The normalized spacial score (nSPS) is 21.2. The molecular weight excluding hydrogens is 296 g/mol. The van der Waals surface area contributed by atoms with Crippen LogP contribution in [0, 0.1) is 5.41 Å². The first-order valence-electron chi connectivity index (χ1n) is 7.48. The Kier molecular flexibility index (Phi) is 4.11. The van der Waals surface area contributed by atoms with E-state index in [-0.39, 0.29) is 10.4 Å². The van der Waals surface area contributed by atoms with Gasteiger partial charge < -0.3 is 10.6 Å². The van der Waals surface area contributed by atoms with Gasteiger partial charge in [-0.15, -0.1) is 10.2 Å². The number of hydrogen-bond donors (Lipinski definition) is 1. The molecule has 2 aromatic rings. The molecule has 3 rings (SSSR count). The van der Waals surface area contributed by atoms with Gasteiger partial charge >= 0.3 is 0 Å². The number of aryl methyl sites for hydroxylation is 1. The van der Waals surface area contributed by atoms with Gasteiger partial charge in [0, 0.05) is 13.1 Å². The summed E-state index contributed by atoms with van der Waals surface area (Å²) in [6.45, 7) is 4.23. The standard InChI is InChI=1S/C16H20N4OS/c1-16(8-7-12-5-3-2-4-6-12)9-10-20(11-16)15-19-18-14(22-15)13(17)21/h2-6H,7-11H2,1H3,(H2,17,21). The minimum Gasteiger partial charge on any atom is -0.363 e. The number of benzene rings is 1. The third-order valence-corrected chi connectivity index (χ3v) is 5.31. The topological polar surface area (TPSA) is 72.1 Å². The first-order chi connectivity index (χ1) is 10.6. The zero-order chi connectivity index (χ0) is 15.6. The summed E-state index contributed by atoms with van der Waals surface area (Å²) in [5, 5.41) is 9.04. The van der Waals surface area contributed by atoms with Crippen molar-refractivity contribution in [2.24, 2.45) is 11.1 Å². The van der Waals surface area contributed by atoms with Crippen LogP contribution in [-0.4, -0.2) is 29.2 Å². The van der Waals surface area contributed by atoms with E-state index in [1.807, 2.05) is 6.07 Å². The molecule has 2 heterocycles. The van der Waals surface area contributed by atoms with E-state index in [9.17, 15) is 4.79 Å². The van der Waals surface area contributed by atoms with Gasteiger partial charge in [-0.25, -0.2) is 0 Å². The maximum Gasteiger partial charge on any atom is 0.279 e. The smallest absolute Gasteiger partial charge is 0.279 e. The molecule has 1 aromatic heterocycles. The molecule has 0 bridgehead atoms. The van der Waals surface area contributed by atoms with Crippen LogP contribution >= 0.6 is 11.3 Å². The van der Waals surface area contributed by atoms with Crippen molar-refractivity contribution in [1.29, 1.82) is 0 Å². The molecule has 0 saturated carbocycles. The molecule has 1 aromatic carbocycles. The molecule has 0 radical (unpaired) electrons. The zero-order valence-electron chi connectivity index (χ0n) is 12.7. The number of nitrogens with zero attached hydrogens (tertiary/aromatic N) is 3. The van der Waals surface area contributed by atoms with Crippen molar-refractivity contribution >= 4 is 22.4 Å². The Morgan fingerprint density at radius 1 is 1.36 bits per heavy atom. The molecule has 1 atom stereocenters. The van der Waals surface area contributed by atoms with Gasteiger partial charge in [0.2, 0.25) is 10.1 Å². The number of carbonyl (C=O) groups excluding carboxylic acids is 1. The molecule has 0 aliphatic carbocycles. The first-order valence-corrected chi connectivity index (χ1v) is 8.30. The number of nitrogens with two attached hydrogens (primary N) is 1. The molecule has 1 amide bonds. The summed E-state index contributed by atoms with van der Waals surface area (Å²) in [4.78, 5) is 13.3. The molecule has 2 N–H and O–H groups in total. The number of carbonyl (C=O) groups is 1. The molecule has 116 valence electrons. The molecule has 6 heteroatoms. The minimum absolute atomic E-state index is 0.272. The van der Waals surface area contributed by atoms with Crippen LogP contribution in [0.4, 0.5) is 5.13 Å². The first kappa shape index (κ1) is 15.0. The molecule has 1 unspecified atom stereocenters. The Morgan fingerprint density at radius 3 is 2.82 bits per heavy atom. The minimum atomic E-state index is -0.505. The van der Waals surface area contributed by atoms with E-state index in [0.717, 1.165) is 37.5 Å². The van der Waals surface area contributed by atoms with Crippen LogP contribution in [0.3, 0.4) is 0 Å². The Balaban J connectivity index is 1.61. The Morgan fingerprint density at radius 2 is 2.14 bits per heavy atom. The van der Waals surface area contributed by atoms with Gasteiger partial charge in [-0.05, 0) is 30.2 Å². The van der Waals surface area contributed by atoms with Crippen molar-refractivity contribution in [1.82, 2.24) is 10.2 Å². The molecule has 22 heavy (non-hydrogen) atoms. The average Bonchev–Trinajstić information content (AvgIpc) is 3.14. The van der Waals surface area contributed by atoms with E-state index in [1.54, 1.807) is 0 Å². The van der Waals surface area contributed by atoms with Gasteiger partial charge in [-0.1, -0.05) is 48.6 Å². The maximum atomic E-state index is 11.1. The van der Waals surface area contributed by atoms with Crippen molar-refractivity contribution in [2.45, 2.75) is 26.2 Å². The lowest BCUT2D eigenvalue weighted by Gasteiger charge is -2.24. The van der Waals surface area contributed by atoms with E-state index in [1.165, 1.54) is 16.9 Å². The van der Waals surface area contributed by atoms with E-state index < -0.39 is 5.91 Å². The highest BCUT2D eigenvalue weighted by atomic mass is 32.1. The molecule has 5 nitrogen and oxygen atoms in total. The summed E-state index contributed by atoms with van der Waals surface area (Å²) in [5.41, 5.74) is 6.90. The summed E-state index contributed by atoms with van der Waals surface area (Å²) < 4.78 is 0. The summed E-state index contributed by atoms with van der Waals surface area (Å²) >= 11 is 1.28. The van der Waals surface area contributed by atoms with E-state index in [0.29, 0.717) is 0 Å². The number of anilines is 1. The van der Waals surface area contributed by atoms with Crippen molar-refractivity contribution in [3.8, 4) is 0 Å². The monoisotopic (exact) mass is 316 g/mol. The molecule has 1 saturated heterocycles. The van der Waals surface area contributed by atoms with Crippen LogP contribution in [0.15, 0.2) is 30.3 Å². The fraction of sp³-hybridized carbons (Fsp3) is 0.438. The SMILES string of the molecule is CC1(CCc2ccccc2)CCN(c2nnc(C(N)=O)s2)C1. The van der Waals surface area contributed by atoms with Crippen LogP contribution in [-0.2, 0) is 6.42 Å². The number of primary amides is 1. The second kappa shape index (κ2) is 6.04. The Hall–Kier alpha value is -1.95. The van der Waals surface area contributed by atoms with Gasteiger partial charge in [0.05, 0.1) is 0 Å². The third kappa shape index (κ3) is 3.27. The second-order valence-corrected chi connectivity index (χ2v) is 7.18. The average molecular weight is 316 g/mol. The number of rotatable bonds is 5. The summed E-state index contributed by atoms with van der Waals surface area (Å²) in [6.07, 6.45) is 3.37. The predicted octanol–water partition coefficient (Wildman–Crippen LogP) is 2.49. The molecule has 0 spiro atoms. The molecule has 1 aliphatic rings. The fourth-order valence-electron chi connectivity index (χ4n) is 2.92. The molecule has 1 aliphatic heterocycles. The Bertz CT molecular complexity index is 657. The quantitative estimate of drug-likeness (QED) is 0.920. The highest BCUT2D eigenvalue weighted by molar-refractivity contribution is 7.17. The molecular formula is C16H20N4OS. The lowest BCUT2D eigenvalue weighted by Crippen LogP contribution is -2.25. The van der Waals surface area contributed by atoms with Gasteiger partial charge in [0.25, 0.3) is 5.91 Å². The van der Waals surface area contributed by atoms with Crippen LogP contribution in [0.5, 0.6) is 0 Å². The van der Waals surface area contributed by atoms with Gasteiger partial charge in [-0.3, -0.25) is 4.79 Å². The fourth-order valence-corrected chi connectivity index (χ4v) is 3.65. The van der Waals surface area contributed by atoms with Gasteiger partial charge in [-0.2, -0.15) is 0 Å². The lowest BCUT2D eigenvalue weighted by atomic mass is 9.83. The van der Waals surface area contributed by atoms with Crippen molar-refractivity contribution < 1.29 is 4.79 Å². The van der Waals surface area contributed by atoms with Crippen molar-refractivity contribution in [3.05, 3.63) is 40.9 Å². The van der Waals surface area contributed by atoms with Crippen LogP contribution in [0.2, 0.25) is 0 Å². The van der Waals surface area contributed by atoms with Crippen LogP contribution in [0.25, 0.3) is 0 Å². The van der Waals surface area contributed by atoms with Crippen molar-refractivity contribution in [3.63, 3.8) is 0 Å². The summed E-state index contributed by atoms with van der Waals surface area (Å²) in [6, 6.07) is 10.6. The van der Waals surface area contributed by atoms with Gasteiger partial charge in [0.15, 0.2) is 0 Å². The summed E-state index contributed by atoms with van der Waals surface area (Å²) in [7, 11) is 0. The Labute approximate surface area is 134 Å². The lowest BCUT2D eigenvalue weighted by molar-refractivity contribution is 0.0999. The van der Waals surface area contributed by atoms with E-state index in [2.05, 4.69) is 46.3 Å². The second-order valence-electron chi connectivity index (χ2n) is 6.22. The van der Waals surface area contributed by atoms with E-state index in [4.69, 9.17) is 5.73 Å². The molecule has 1 fully saturated rings. The highest BCUT2D eigenvalue weighted by Gasteiger charge is 2.35. The zero-order valence-corrected chi connectivity index (χ0v) is 13.5. The highest BCUT2D eigenvalue weighted by Crippen LogP contribution is 2.37. The van der Waals surface area contributed by atoms with Crippen molar-refractivity contribution in [2.75, 3.05) is 18.0 Å². The number of aromatic nitrogens is 2. The summed E-state index contributed by atoms with van der Waals surface area (Å²) in [5.74, 6) is -0.505. The maximum absolute atomic E-state index is 11.1. The predicted molar refractivity (Wildman–Crippen MR) is 88.1 cm³/mol. The van der Waals surface area contributed by atoms with Crippen LogP contribution < -0.4 is 10.6 Å². The largest absolute Gasteiger partial charge is 0.363 e. The van der Waals surface area contributed by atoms with Crippen LogP contribution in [0.1, 0.15) is 35.1 Å². The number of amides is 1. The number of hydrogen-bond acceptors (Lipinski definition) is 5.